The van der Waals surface area contributed by atoms with Crippen molar-refractivity contribution in [3.05, 3.63) is 0 Å². The van der Waals surface area contributed by atoms with Crippen molar-refractivity contribution in [1.29, 1.82) is 0 Å². The van der Waals surface area contributed by atoms with Gasteiger partial charge in [-0.05, 0) is 41.5 Å². The summed E-state index contributed by atoms with van der Waals surface area (Å²) in [7, 11) is 1.34. The van der Waals surface area contributed by atoms with E-state index in [1.807, 2.05) is 25.7 Å². The highest BCUT2D eigenvalue weighted by Gasteiger charge is 2.29. The number of morpholine rings is 1. The third kappa shape index (κ3) is 10.4. The minimum Gasteiger partial charge on any atom is -0.470 e. The number of anilines is 1. The lowest BCUT2D eigenvalue weighted by atomic mass is 10.1. The van der Waals surface area contributed by atoms with Crippen molar-refractivity contribution in [3.63, 3.8) is 0 Å². The molecule has 13 nitrogen and oxygen atoms in total. The summed E-state index contributed by atoms with van der Waals surface area (Å²) >= 11 is 1.03. The van der Waals surface area contributed by atoms with E-state index in [0.717, 1.165) is 11.7 Å². The molecule has 0 amide bonds. The summed E-state index contributed by atoms with van der Waals surface area (Å²) in [5.41, 5.74) is -0.247. The van der Waals surface area contributed by atoms with Gasteiger partial charge in [0.2, 0.25) is 5.82 Å². The van der Waals surface area contributed by atoms with E-state index >= 15 is 0 Å². The number of aromatic nitrogens is 2. The zero-order chi connectivity index (χ0) is 27.6. The fraction of sp³-hybridized carbons (Fsp3) is 0.783. The highest BCUT2D eigenvalue weighted by Crippen LogP contribution is 2.26. The van der Waals surface area contributed by atoms with E-state index in [1.54, 1.807) is 0 Å². The molecule has 1 aromatic heterocycles. The molecule has 0 spiro atoms. The van der Waals surface area contributed by atoms with Crippen LogP contribution in [0.1, 0.15) is 41.5 Å². The van der Waals surface area contributed by atoms with Crippen LogP contribution in [0, 0.1) is 0 Å². The van der Waals surface area contributed by atoms with Crippen LogP contribution in [0.4, 0.5) is 5.82 Å². The Hall–Kier alpha value is -2.55. The molecule has 0 aromatic carbocycles. The Labute approximate surface area is 221 Å². The second-order valence-corrected chi connectivity index (χ2v) is 10.1. The first-order valence-electron chi connectivity index (χ1n) is 12.1. The molecule has 0 aliphatic carbocycles. The highest BCUT2D eigenvalue weighted by molar-refractivity contribution is 6.99. The topological polar surface area (TPSA) is 148 Å². The summed E-state index contributed by atoms with van der Waals surface area (Å²) in [6, 6.07) is 0. The first kappa shape index (κ1) is 30.7. The van der Waals surface area contributed by atoms with Crippen molar-refractivity contribution in [3.8, 4) is 5.88 Å². The Bertz CT molecular complexity index is 886. The molecule has 37 heavy (non-hydrogen) atoms. The maximum Gasteiger partial charge on any atom is 0.347 e. The number of nitrogens with one attached hydrogen (secondary N) is 1. The van der Waals surface area contributed by atoms with Gasteiger partial charge in [-0.2, -0.15) is 4.37 Å². The molecule has 0 bridgehead atoms. The fourth-order valence-corrected chi connectivity index (χ4v) is 3.47. The predicted octanol–water partition coefficient (Wildman–Crippen LogP) is 0.952. The number of ether oxygens (including phenoxy) is 6. The highest BCUT2D eigenvalue weighted by atomic mass is 32.1. The largest absolute Gasteiger partial charge is 0.470 e. The molecule has 1 N–H and O–H groups in total. The number of carbonyl (C=O) groups excluding carboxylic acids is 3. The third-order valence-electron chi connectivity index (χ3n) is 5.24. The number of rotatable bonds is 13. The lowest BCUT2D eigenvalue weighted by molar-refractivity contribution is -0.181. The second-order valence-electron chi connectivity index (χ2n) is 9.53. The summed E-state index contributed by atoms with van der Waals surface area (Å²) in [5.74, 6) is -1.41. The third-order valence-corrected chi connectivity index (χ3v) is 5.74. The van der Waals surface area contributed by atoms with E-state index in [1.165, 1.54) is 27.9 Å². The molecule has 1 aliphatic rings. The van der Waals surface area contributed by atoms with Crippen molar-refractivity contribution >= 4 is 35.5 Å². The molecule has 0 radical (unpaired) electrons. The quantitative estimate of drug-likeness (QED) is 0.277. The number of hydrogen-bond acceptors (Lipinski definition) is 14. The van der Waals surface area contributed by atoms with Gasteiger partial charge in [-0.3, -0.25) is 0 Å². The van der Waals surface area contributed by atoms with Gasteiger partial charge >= 0.3 is 17.9 Å². The molecule has 14 heteroatoms. The monoisotopic (exact) mass is 546 g/mol. The SMILES string of the molecule is COC(C)C(=O)OC(C)C(=O)OC(C)C(=O)OC(CNC(C)(C)C)COc1nsnc1N1CCOCC1. The van der Waals surface area contributed by atoms with E-state index in [-0.39, 0.29) is 18.7 Å². The summed E-state index contributed by atoms with van der Waals surface area (Å²) in [6.07, 6.45) is -4.02. The normalized spacial score (nSPS) is 17.3. The molecular weight excluding hydrogens is 508 g/mol. The maximum atomic E-state index is 12.7. The van der Waals surface area contributed by atoms with Gasteiger partial charge in [-0.15, -0.1) is 4.37 Å². The number of carbonyl (C=O) groups is 3. The van der Waals surface area contributed by atoms with Crippen molar-refractivity contribution in [2.75, 3.05) is 51.5 Å². The van der Waals surface area contributed by atoms with Crippen molar-refractivity contribution in [2.24, 2.45) is 0 Å². The van der Waals surface area contributed by atoms with Crippen LogP contribution in [0.2, 0.25) is 0 Å². The average molecular weight is 547 g/mol. The smallest absolute Gasteiger partial charge is 0.347 e. The summed E-state index contributed by atoms with van der Waals surface area (Å²) in [4.78, 5) is 38.9. The van der Waals surface area contributed by atoms with E-state index < -0.39 is 42.3 Å². The van der Waals surface area contributed by atoms with Gasteiger partial charge in [0.05, 0.1) is 24.9 Å². The number of methoxy groups -OCH3 is 1. The molecular formula is C23H38N4O9S. The van der Waals surface area contributed by atoms with Gasteiger partial charge in [0.15, 0.2) is 18.3 Å². The maximum absolute atomic E-state index is 12.7. The van der Waals surface area contributed by atoms with Crippen molar-refractivity contribution < 1.29 is 42.8 Å². The zero-order valence-electron chi connectivity index (χ0n) is 22.5. The molecule has 1 aromatic rings. The van der Waals surface area contributed by atoms with Crippen molar-refractivity contribution in [1.82, 2.24) is 14.1 Å². The Morgan fingerprint density at radius 1 is 0.973 bits per heavy atom. The molecule has 2 rings (SSSR count). The minimum atomic E-state index is -1.24. The van der Waals surface area contributed by atoms with Gasteiger partial charge < -0.3 is 38.6 Å². The van der Waals surface area contributed by atoms with Crippen LogP contribution in [0.3, 0.4) is 0 Å². The van der Waals surface area contributed by atoms with E-state index in [4.69, 9.17) is 28.4 Å². The first-order valence-corrected chi connectivity index (χ1v) is 12.8. The summed E-state index contributed by atoms with van der Waals surface area (Å²) in [6.45, 7) is 12.9. The van der Waals surface area contributed by atoms with E-state index in [0.29, 0.717) is 38.0 Å². The molecule has 4 atom stereocenters. The Morgan fingerprint density at radius 3 is 2.11 bits per heavy atom. The Morgan fingerprint density at radius 2 is 1.54 bits per heavy atom. The zero-order valence-corrected chi connectivity index (χ0v) is 23.3. The predicted molar refractivity (Wildman–Crippen MR) is 134 cm³/mol. The molecule has 1 aliphatic heterocycles. The summed E-state index contributed by atoms with van der Waals surface area (Å²) in [5, 5.41) is 3.28. The molecule has 0 saturated carbocycles. The first-order chi connectivity index (χ1) is 17.4. The number of esters is 3. The molecule has 4 unspecified atom stereocenters. The Balaban J connectivity index is 1.96. The lowest BCUT2D eigenvalue weighted by Gasteiger charge is -2.28. The van der Waals surface area contributed by atoms with Crippen LogP contribution in [0.25, 0.3) is 0 Å². The second kappa shape index (κ2) is 14.4. The van der Waals surface area contributed by atoms with Gasteiger partial charge in [0.1, 0.15) is 12.7 Å². The number of hydrogen-bond donors (Lipinski definition) is 1. The lowest BCUT2D eigenvalue weighted by Crippen LogP contribution is -2.45. The molecule has 2 heterocycles. The minimum absolute atomic E-state index is 0.00115. The molecule has 210 valence electrons. The van der Waals surface area contributed by atoms with Crippen LogP contribution in [-0.4, -0.2) is 103 Å². The van der Waals surface area contributed by atoms with Crippen LogP contribution < -0.4 is 15.0 Å². The number of nitrogens with zero attached hydrogens (tertiary/aromatic N) is 3. The van der Waals surface area contributed by atoms with Gasteiger partial charge in [-0.1, -0.05) is 0 Å². The fourth-order valence-electron chi connectivity index (χ4n) is 2.95. The van der Waals surface area contributed by atoms with Gasteiger partial charge in [-0.25, -0.2) is 14.4 Å². The van der Waals surface area contributed by atoms with Crippen molar-refractivity contribution in [2.45, 2.75) is 71.5 Å². The summed E-state index contributed by atoms with van der Waals surface area (Å²) < 4.78 is 40.4. The molecule has 1 fully saturated rings. The molecule has 1 saturated heterocycles. The average Bonchev–Trinajstić information content (AvgIpc) is 3.33. The standard InChI is InChI=1S/C23H38N4O9S/c1-14(31-7)20(28)34-15(2)21(29)35-16(3)22(30)36-17(12-24-23(4,5)6)13-33-19-18(25-37-26-19)27-8-10-32-11-9-27/h14-17,24H,8-13H2,1-7H3. The Kier molecular flexibility index (Phi) is 11.9. The van der Waals surface area contributed by atoms with Crippen LogP contribution in [-0.2, 0) is 38.1 Å². The van der Waals surface area contributed by atoms with Gasteiger partial charge in [0.25, 0.3) is 5.88 Å². The van der Waals surface area contributed by atoms with Crippen LogP contribution in [0.5, 0.6) is 5.88 Å². The van der Waals surface area contributed by atoms with E-state index in [2.05, 4.69) is 14.1 Å². The van der Waals surface area contributed by atoms with Crippen LogP contribution in [0.15, 0.2) is 0 Å². The van der Waals surface area contributed by atoms with Gasteiger partial charge in [0, 0.05) is 32.3 Å². The van der Waals surface area contributed by atoms with Crippen LogP contribution >= 0.6 is 11.7 Å². The van der Waals surface area contributed by atoms with E-state index in [9.17, 15) is 14.4 Å².